The van der Waals surface area contributed by atoms with Crippen LogP contribution in [0.2, 0.25) is 0 Å². The lowest BCUT2D eigenvalue weighted by Gasteiger charge is -2.11. The number of hydrogen-bond donors (Lipinski definition) is 0. The fourth-order valence-corrected chi connectivity index (χ4v) is 2.55. The Morgan fingerprint density at radius 1 is 1.00 bits per heavy atom. The zero-order chi connectivity index (χ0) is 16.4. The van der Waals surface area contributed by atoms with E-state index in [1.54, 1.807) is 7.05 Å². The van der Waals surface area contributed by atoms with Crippen LogP contribution in [0.4, 0.5) is 5.69 Å². The summed E-state index contributed by atoms with van der Waals surface area (Å²) in [6.45, 7) is 0. The quantitative estimate of drug-likeness (QED) is 0.719. The standard InChI is InChI=1S/C16H16BrN3O2/c1-18(2)12-8-5-11(6-9-12)7-10-13-14(17)15(21)20(4)16(22)19(13)3/h5-6,8-9H,1-4H3. The van der Waals surface area contributed by atoms with Gasteiger partial charge in [0.2, 0.25) is 0 Å². The molecule has 0 saturated heterocycles. The molecule has 5 nitrogen and oxygen atoms in total. The Labute approximate surface area is 136 Å². The molecular weight excluding hydrogens is 346 g/mol. The minimum Gasteiger partial charge on any atom is -0.378 e. The lowest BCUT2D eigenvalue weighted by atomic mass is 10.2. The summed E-state index contributed by atoms with van der Waals surface area (Å²) in [6, 6.07) is 7.72. The first-order chi connectivity index (χ1) is 10.3. The molecule has 22 heavy (non-hydrogen) atoms. The van der Waals surface area contributed by atoms with Gasteiger partial charge in [0.15, 0.2) is 0 Å². The number of hydrogen-bond acceptors (Lipinski definition) is 3. The van der Waals surface area contributed by atoms with Gasteiger partial charge in [0, 0.05) is 39.4 Å². The van der Waals surface area contributed by atoms with Crippen LogP contribution in [0.25, 0.3) is 0 Å². The van der Waals surface area contributed by atoms with Gasteiger partial charge in [-0.15, -0.1) is 0 Å². The fourth-order valence-electron chi connectivity index (χ4n) is 1.92. The highest BCUT2D eigenvalue weighted by molar-refractivity contribution is 9.10. The number of rotatable bonds is 1. The lowest BCUT2D eigenvalue weighted by molar-refractivity contribution is 0.673. The van der Waals surface area contributed by atoms with Gasteiger partial charge < -0.3 is 4.90 Å². The molecule has 0 amide bonds. The Morgan fingerprint density at radius 2 is 1.59 bits per heavy atom. The van der Waals surface area contributed by atoms with Gasteiger partial charge in [0.05, 0.1) is 0 Å². The third-order valence-corrected chi connectivity index (χ3v) is 4.03. The number of benzene rings is 1. The molecule has 0 unspecified atom stereocenters. The van der Waals surface area contributed by atoms with Crippen molar-refractivity contribution in [1.82, 2.24) is 9.13 Å². The molecule has 1 heterocycles. The summed E-state index contributed by atoms with van der Waals surface area (Å²) in [5.74, 6) is 5.87. The molecule has 0 spiro atoms. The molecule has 6 heteroatoms. The molecule has 0 atom stereocenters. The molecule has 0 radical (unpaired) electrons. The maximum Gasteiger partial charge on any atom is 0.331 e. The Hall–Kier alpha value is -2.26. The van der Waals surface area contributed by atoms with E-state index < -0.39 is 11.2 Å². The maximum atomic E-state index is 11.9. The molecule has 1 aromatic heterocycles. The molecule has 0 aliphatic rings. The first kappa shape index (κ1) is 16.1. The van der Waals surface area contributed by atoms with Crippen molar-refractivity contribution in [3.8, 4) is 11.8 Å². The van der Waals surface area contributed by atoms with Gasteiger partial charge in [0.1, 0.15) is 10.2 Å². The van der Waals surface area contributed by atoms with Gasteiger partial charge in [-0.3, -0.25) is 13.9 Å². The van der Waals surface area contributed by atoms with Gasteiger partial charge in [-0.05, 0) is 46.1 Å². The largest absolute Gasteiger partial charge is 0.378 e. The molecule has 0 saturated carbocycles. The smallest absolute Gasteiger partial charge is 0.331 e. The molecule has 0 N–H and O–H groups in total. The maximum absolute atomic E-state index is 11.9. The molecule has 0 aliphatic heterocycles. The Kier molecular flexibility index (Phi) is 4.57. The SMILES string of the molecule is CN(C)c1ccc(C#Cc2c(Br)c(=O)n(C)c(=O)n2C)cc1. The molecule has 114 valence electrons. The van der Waals surface area contributed by atoms with Crippen LogP contribution in [0.5, 0.6) is 0 Å². The van der Waals surface area contributed by atoms with E-state index >= 15 is 0 Å². The van der Waals surface area contributed by atoms with Crippen LogP contribution in [-0.4, -0.2) is 23.2 Å². The Balaban J connectivity index is 2.49. The first-order valence-corrected chi connectivity index (χ1v) is 7.37. The first-order valence-electron chi connectivity index (χ1n) is 6.58. The predicted molar refractivity (Wildman–Crippen MR) is 91.4 cm³/mol. The molecule has 0 bridgehead atoms. The zero-order valence-electron chi connectivity index (χ0n) is 12.8. The number of aromatic nitrogens is 2. The van der Waals surface area contributed by atoms with Gasteiger partial charge in [0.25, 0.3) is 5.56 Å². The minimum atomic E-state index is -0.402. The van der Waals surface area contributed by atoms with Gasteiger partial charge in [-0.1, -0.05) is 5.92 Å². The normalized spacial score (nSPS) is 10.0. The monoisotopic (exact) mass is 361 g/mol. The van der Waals surface area contributed by atoms with Crippen LogP contribution in [0.1, 0.15) is 11.3 Å². The third kappa shape index (κ3) is 3.00. The highest BCUT2D eigenvalue weighted by Gasteiger charge is 2.11. The summed E-state index contributed by atoms with van der Waals surface area (Å²) in [4.78, 5) is 25.8. The van der Waals surface area contributed by atoms with E-state index in [2.05, 4.69) is 27.8 Å². The lowest BCUT2D eigenvalue weighted by Crippen LogP contribution is -2.38. The van der Waals surface area contributed by atoms with Crippen molar-refractivity contribution in [3.63, 3.8) is 0 Å². The van der Waals surface area contributed by atoms with Crippen LogP contribution < -0.4 is 16.1 Å². The minimum absolute atomic E-state index is 0.287. The van der Waals surface area contributed by atoms with Crippen molar-refractivity contribution >= 4 is 21.6 Å². The topological polar surface area (TPSA) is 47.2 Å². The third-order valence-electron chi connectivity index (χ3n) is 3.32. The van der Waals surface area contributed by atoms with E-state index in [4.69, 9.17) is 0 Å². The number of halogens is 1. The average Bonchev–Trinajstić information content (AvgIpc) is 2.51. The molecular formula is C16H16BrN3O2. The second-order valence-corrected chi connectivity index (χ2v) is 5.85. The van der Waals surface area contributed by atoms with E-state index in [1.165, 1.54) is 11.6 Å². The van der Waals surface area contributed by atoms with Crippen molar-refractivity contribution in [2.45, 2.75) is 0 Å². The number of anilines is 1. The van der Waals surface area contributed by atoms with Gasteiger partial charge in [-0.2, -0.15) is 0 Å². The van der Waals surface area contributed by atoms with Crippen LogP contribution in [0.3, 0.4) is 0 Å². The van der Waals surface area contributed by atoms with Crippen molar-refractivity contribution < 1.29 is 0 Å². The summed E-state index contributed by atoms with van der Waals surface area (Å²) >= 11 is 3.22. The Morgan fingerprint density at radius 3 is 2.14 bits per heavy atom. The van der Waals surface area contributed by atoms with Crippen LogP contribution in [0.15, 0.2) is 38.3 Å². The molecule has 1 aromatic carbocycles. The second kappa shape index (κ2) is 6.24. The average molecular weight is 362 g/mol. The number of nitrogens with zero attached hydrogens (tertiary/aromatic N) is 3. The van der Waals surface area contributed by atoms with E-state index in [9.17, 15) is 9.59 Å². The van der Waals surface area contributed by atoms with Crippen LogP contribution in [0, 0.1) is 11.8 Å². The van der Waals surface area contributed by atoms with E-state index in [1.807, 2.05) is 43.3 Å². The summed E-state index contributed by atoms with van der Waals surface area (Å²) in [6.07, 6.45) is 0. The highest BCUT2D eigenvalue weighted by Crippen LogP contribution is 2.12. The van der Waals surface area contributed by atoms with Crippen molar-refractivity contribution in [2.24, 2.45) is 14.1 Å². The van der Waals surface area contributed by atoms with Crippen molar-refractivity contribution in [1.29, 1.82) is 0 Å². The molecule has 2 aromatic rings. The highest BCUT2D eigenvalue weighted by atomic mass is 79.9. The van der Waals surface area contributed by atoms with Crippen molar-refractivity contribution in [2.75, 3.05) is 19.0 Å². The van der Waals surface area contributed by atoms with Gasteiger partial charge >= 0.3 is 5.69 Å². The summed E-state index contributed by atoms with van der Waals surface area (Å²) in [7, 11) is 6.96. The van der Waals surface area contributed by atoms with E-state index in [-0.39, 0.29) is 4.47 Å². The second-order valence-electron chi connectivity index (χ2n) is 5.06. The molecule has 0 fully saturated rings. The van der Waals surface area contributed by atoms with Gasteiger partial charge in [-0.25, -0.2) is 4.79 Å². The van der Waals surface area contributed by atoms with E-state index in [0.717, 1.165) is 15.8 Å². The molecule has 2 rings (SSSR count). The summed E-state index contributed by atoms with van der Waals surface area (Å²) in [5, 5.41) is 0. The van der Waals surface area contributed by atoms with Crippen molar-refractivity contribution in [3.05, 3.63) is 60.8 Å². The predicted octanol–water partition coefficient (Wildman–Crippen LogP) is 1.31. The summed E-state index contributed by atoms with van der Waals surface area (Å²) in [5.41, 5.74) is 1.46. The molecule has 0 aliphatic carbocycles. The fraction of sp³-hybridized carbons (Fsp3) is 0.250. The van der Waals surface area contributed by atoms with E-state index in [0.29, 0.717) is 5.69 Å². The Bertz CT molecular complexity index is 844. The zero-order valence-corrected chi connectivity index (χ0v) is 14.4. The van der Waals surface area contributed by atoms with Crippen LogP contribution >= 0.6 is 15.9 Å². The summed E-state index contributed by atoms with van der Waals surface area (Å²) < 4.78 is 2.68. The van der Waals surface area contributed by atoms with Crippen LogP contribution in [-0.2, 0) is 14.1 Å².